The van der Waals surface area contributed by atoms with Gasteiger partial charge < -0.3 is 14.9 Å². The minimum Gasteiger partial charge on any atom is -0.497 e. The van der Waals surface area contributed by atoms with Crippen LogP contribution in [0.1, 0.15) is 11.4 Å². The number of carboxylic acids is 2. The third-order valence-corrected chi connectivity index (χ3v) is 2.32. The van der Waals surface area contributed by atoms with Crippen LogP contribution in [0.5, 0.6) is 5.75 Å². The van der Waals surface area contributed by atoms with E-state index >= 15 is 0 Å². The molecule has 7 nitrogen and oxygen atoms in total. The molecule has 0 fully saturated rings. The molecule has 1 aromatic rings. The zero-order valence-electron chi connectivity index (χ0n) is 10.8. The highest BCUT2D eigenvalue weighted by Crippen LogP contribution is 2.14. The van der Waals surface area contributed by atoms with E-state index in [9.17, 15) is 9.59 Å². The molecule has 19 heavy (non-hydrogen) atoms. The van der Waals surface area contributed by atoms with Gasteiger partial charge in [0.1, 0.15) is 5.75 Å². The van der Waals surface area contributed by atoms with E-state index in [4.69, 9.17) is 14.9 Å². The molecule has 104 valence electrons. The highest BCUT2D eigenvalue weighted by Gasteiger charge is 2.15. The lowest BCUT2D eigenvalue weighted by molar-refractivity contribution is -0.142. The summed E-state index contributed by atoms with van der Waals surface area (Å²) in [6.07, 6.45) is 0. The third kappa shape index (κ3) is 5.35. The van der Waals surface area contributed by atoms with Crippen molar-refractivity contribution in [2.45, 2.75) is 13.5 Å². The van der Waals surface area contributed by atoms with Gasteiger partial charge in [0, 0.05) is 24.4 Å². The number of ether oxygens (including phenoxy) is 1. The first kappa shape index (κ1) is 14.9. The summed E-state index contributed by atoms with van der Waals surface area (Å²) < 4.78 is 5.09. The number of aryl methyl sites for hydroxylation is 1. The molecule has 1 rings (SSSR count). The summed E-state index contributed by atoms with van der Waals surface area (Å²) in [5, 5.41) is 17.5. The highest BCUT2D eigenvalue weighted by molar-refractivity contribution is 5.72. The molecular formula is C12H16N2O5. The Morgan fingerprint density at radius 2 is 1.84 bits per heavy atom. The molecule has 0 aliphatic carbocycles. The van der Waals surface area contributed by atoms with E-state index in [1.807, 2.05) is 0 Å². The van der Waals surface area contributed by atoms with Crippen molar-refractivity contribution in [3.63, 3.8) is 0 Å². The third-order valence-electron chi connectivity index (χ3n) is 2.32. The lowest BCUT2D eigenvalue weighted by Gasteiger charge is -2.18. The van der Waals surface area contributed by atoms with E-state index in [0.717, 1.165) is 5.69 Å². The van der Waals surface area contributed by atoms with Crippen molar-refractivity contribution in [2.75, 3.05) is 20.2 Å². The van der Waals surface area contributed by atoms with Gasteiger partial charge in [-0.3, -0.25) is 19.5 Å². The quantitative estimate of drug-likeness (QED) is 0.736. The van der Waals surface area contributed by atoms with E-state index < -0.39 is 11.9 Å². The molecule has 0 spiro atoms. The molecule has 2 N–H and O–H groups in total. The predicted octanol–water partition coefficient (Wildman–Crippen LogP) is 0.370. The first-order valence-electron chi connectivity index (χ1n) is 5.58. The van der Waals surface area contributed by atoms with Crippen LogP contribution in [0.25, 0.3) is 0 Å². The average molecular weight is 268 g/mol. The van der Waals surface area contributed by atoms with E-state index in [1.165, 1.54) is 12.0 Å². The number of aliphatic carboxylic acids is 2. The number of hydrogen-bond donors (Lipinski definition) is 2. The molecule has 0 bridgehead atoms. The first-order chi connectivity index (χ1) is 8.90. The Kier molecular flexibility index (Phi) is 5.25. The lowest BCUT2D eigenvalue weighted by Crippen LogP contribution is -2.34. The average Bonchev–Trinajstić information content (AvgIpc) is 2.26. The summed E-state index contributed by atoms with van der Waals surface area (Å²) in [7, 11) is 1.52. The maximum absolute atomic E-state index is 10.7. The molecule has 1 aromatic heterocycles. The number of aromatic nitrogens is 1. The van der Waals surface area contributed by atoms with Gasteiger partial charge in [-0.25, -0.2) is 0 Å². The number of nitrogens with zero attached hydrogens (tertiary/aromatic N) is 2. The summed E-state index contributed by atoms with van der Waals surface area (Å²) in [6, 6.07) is 3.39. The van der Waals surface area contributed by atoms with Crippen molar-refractivity contribution in [3.8, 4) is 5.75 Å². The van der Waals surface area contributed by atoms with Crippen molar-refractivity contribution >= 4 is 11.9 Å². The second-order valence-corrected chi connectivity index (χ2v) is 4.07. The predicted molar refractivity (Wildman–Crippen MR) is 66.1 cm³/mol. The molecule has 0 atom stereocenters. The Bertz CT molecular complexity index is 459. The standard InChI is InChI=1S/C12H16N2O5/c1-8-3-10(19-2)4-9(13-8)5-14(6-11(15)16)7-12(17)18/h3-4H,5-7H2,1-2H3,(H,15,16)(H,17,18). The minimum absolute atomic E-state index is 0.136. The molecule has 0 saturated heterocycles. The molecule has 0 saturated carbocycles. The van der Waals surface area contributed by atoms with Gasteiger partial charge in [-0.1, -0.05) is 0 Å². The van der Waals surface area contributed by atoms with Crippen molar-refractivity contribution in [3.05, 3.63) is 23.5 Å². The number of rotatable bonds is 7. The number of carboxylic acid groups (broad SMARTS) is 2. The van der Waals surface area contributed by atoms with E-state index in [1.54, 1.807) is 19.1 Å². The van der Waals surface area contributed by atoms with Crippen LogP contribution in [0.15, 0.2) is 12.1 Å². The first-order valence-corrected chi connectivity index (χ1v) is 5.58. The van der Waals surface area contributed by atoms with Crippen LogP contribution < -0.4 is 4.74 Å². The van der Waals surface area contributed by atoms with Gasteiger partial charge >= 0.3 is 11.9 Å². The van der Waals surface area contributed by atoms with Crippen molar-refractivity contribution in [2.24, 2.45) is 0 Å². The topological polar surface area (TPSA) is 100.0 Å². The summed E-state index contributed by atoms with van der Waals surface area (Å²) in [5.41, 5.74) is 1.29. The van der Waals surface area contributed by atoms with Crippen LogP contribution in [0, 0.1) is 6.92 Å². The zero-order chi connectivity index (χ0) is 14.4. The maximum atomic E-state index is 10.7. The largest absolute Gasteiger partial charge is 0.497 e. The lowest BCUT2D eigenvalue weighted by atomic mass is 10.2. The van der Waals surface area contributed by atoms with Gasteiger partial charge in [0.2, 0.25) is 0 Å². The molecule has 7 heteroatoms. The number of hydrogen-bond acceptors (Lipinski definition) is 5. The Morgan fingerprint density at radius 3 is 2.32 bits per heavy atom. The molecule has 0 aliphatic rings. The van der Waals surface area contributed by atoms with Gasteiger partial charge in [0.15, 0.2) is 0 Å². The molecule has 0 amide bonds. The second kappa shape index (κ2) is 6.69. The van der Waals surface area contributed by atoms with Crippen LogP contribution in [0.3, 0.4) is 0 Å². The fourth-order valence-corrected chi connectivity index (χ4v) is 1.68. The molecular weight excluding hydrogens is 252 g/mol. The van der Waals surface area contributed by atoms with E-state index in [0.29, 0.717) is 11.4 Å². The van der Waals surface area contributed by atoms with Crippen LogP contribution in [0.4, 0.5) is 0 Å². The van der Waals surface area contributed by atoms with Gasteiger partial charge in [-0.15, -0.1) is 0 Å². The van der Waals surface area contributed by atoms with Crippen LogP contribution in [0.2, 0.25) is 0 Å². The molecule has 0 unspecified atom stereocenters. The van der Waals surface area contributed by atoms with E-state index in [-0.39, 0.29) is 19.6 Å². The summed E-state index contributed by atoms with van der Waals surface area (Å²) >= 11 is 0. The number of carbonyl (C=O) groups is 2. The van der Waals surface area contributed by atoms with Crippen molar-refractivity contribution < 1.29 is 24.5 Å². The Labute approximate surface area is 110 Å². The number of pyridine rings is 1. The molecule has 1 heterocycles. The van der Waals surface area contributed by atoms with Crippen LogP contribution >= 0.6 is 0 Å². The minimum atomic E-state index is -1.08. The Hall–Kier alpha value is -2.15. The Balaban J connectivity index is 2.85. The van der Waals surface area contributed by atoms with Crippen LogP contribution in [-0.2, 0) is 16.1 Å². The molecule has 0 radical (unpaired) electrons. The molecule has 0 aliphatic heterocycles. The normalized spacial score (nSPS) is 10.5. The SMILES string of the molecule is COc1cc(C)nc(CN(CC(=O)O)CC(=O)O)c1. The highest BCUT2D eigenvalue weighted by atomic mass is 16.5. The summed E-state index contributed by atoms with van der Waals surface area (Å²) in [4.78, 5) is 26.9. The van der Waals surface area contributed by atoms with E-state index in [2.05, 4.69) is 4.98 Å². The van der Waals surface area contributed by atoms with Gasteiger partial charge in [-0.05, 0) is 6.92 Å². The van der Waals surface area contributed by atoms with Gasteiger partial charge in [-0.2, -0.15) is 0 Å². The second-order valence-electron chi connectivity index (χ2n) is 4.07. The molecule has 0 aromatic carbocycles. The fourth-order valence-electron chi connectivity index (χ4n) is 1.68. The fraction of sp³-hybridized carbons (Fsp3) is 0.417. The van der Waals surface area contributed by atoms with Crippen molar-refractivity contribution in [1.29, 1.82) is 0 Å². The maximum Gasteiger partial charge on any atom is 0.317 e. The van der Waals surface area contributed by atoms with Gasteiger partial charge in [0.05, 0.1) is 25.9 Å². The summed E-state index contributed by atoms with van der Waals surface area (Å²) in [5.74, 6) is -1.56. The van der Waals surface area contributed by atoms with Crippen molar-refractivity contribution in [1.82, 2.24) is 9.88 Å². The smallest absolute Gasteiger partial charge is 0.317 e. The van der Waals surface area contributed by atoms with Gasteiger partial charge in [0.25, 0.3) is 0 Å². The Morgan fingerprint density at radius 1 is 1.26 bits per heavy atom. The zero-order valence-corrected chi connectivity index (χ0v) is 10.8. The monoisotopic (exact) mass is 268 g/mol. The number of methoxy groups -OCH3 is 1. The van der Waals surface area contributed by atoms with Crippen LogP contribution in [-0.4, -0.2) is 52.2 Å². The summed E-state index contributed by atoms with van der Waals surface area (Å²) in [6.45, 7) is 1.20.